The Labute approximate surface area is 234 Å². The van der Waals surface area contributed by atoms with E-state index < -0.39 is 8.07 Å². The monoisotopic (exact) mass is 678 g/mol. The molecule has 0 aliphatic heterocycles. The van der Waals surface area contributed by atoms with Gasteiger partial charge in [0.05, 0.1) is 15.0 Å². The van der Waals surface area contributed by atoms with E-state index in [0.717, 1.165) is 44.5 Å². The maximum absolute atomic E-state index is 7.82. The van der Waals surface area contributed by atoms with Crippen molar-refractivity contribution >= 4 is 35.2 Å². The van der Waals surface area contributed by atoms with Crippen LogP contribution in [0.1, 0.15) is 6.93 Å². The van der Waals surface area contributed by atoms with Gasteiger partial charge in [0.2, 0.25) is 0 Å². The van der Waals surface area contributed by atoms with Gasteiger partial charge in [-0.1, -0.05) is 72.2 Å². The molecule has 0 aliphatic carbocycles. The average molecular weight is 678 g/mol. The van der Waals surface area contributed by atoms with Gasteiger partial charge in [-0.05, 0) is 36.0 Å². The molecule has 0 amide bonds. The largest absolute Gasteiger partial charge is 0.501 e. The first-order chi connectivity index (χ1) is 17.8. The molecule has 0 unspecified atom stereocenters. The number of fused-ring (bicyclic) bond motifs is 3. The molecule has 3 aromatic heterocycles. The van der Waals surface area contributed by atoms with E-state index in [4.69, 9.17) is 5.79 Å². The van der Waals surface area contributed by atoms with E-state index >= 15 is 0 Å². The summed E-state index contributed by atoms with van der Waals surface area (Å²) in [6.45, 7) is 9.03. The van der Waals surface area contributed by atoms with Crippen LogP contribution in [0.25, 0.3) is 44.5 Å². The van der Waals surface area contributed by atoms with Crippen LogP contribution in [0.5, 0.6) is 0 Å². The summed E-state index contributed by atoms with van der Waals surface area (Å²) in [4.78, 5) is 8.70. The van der Waals surface area contributed by atoms with Gasteiger partial charge in [0.15, 0.2) is 0 Å². The van der Waals surface area contributed by atoms with Crippen LogP contribution in [0.4, 0.5) is 0 Å². The third kappa shape index (κ3) is 5.96. The van der Waals surface area contributed by atoms with E-state index in [-0.39, 0.29) is 20.1 Å². The van der Waals surface area contributed by atoms with Crippen LogP contribution in [0.2, 0.25) is 19.6 Å². The van der Waals surface area contributed by atoms with E-state index in [1.807, 2.05) is 55.6 Å². The predicted molar refractivity (Wildman–Crippen MR) is 152 cm³/mol. The Morgan fingerprint density at radius 2 is 1.70 bits per heavy atom. The minimum atomic E-state index is -1.39. The molecule has 3 heterocycles. The van der Waals surface area contributed by atoms with Crippen LogP contribution in [-0.2, 0) is 20.1 Å². The maximum Gasteiger partial charge on any atom is 0.120 e. The molecule has 0 bridgehead atoms. The third-order valence-electron chi connectivity index (χ3n) is 6.06. The second kappa shape index (κ2) is 11.3. The van der Waals surface area contributed by atoms with Gasteiger partial charge < -0.3 is 14.4 Å². The molecule has 1 radical (unpaired) electrons. The molecular formula is C32H28IrN2OSi-2. The SMILES string of the molecule is Cc1ccc(-c2[c-]cccc2)nc1.[2H]c1ccnc(-c2[c-]ccc3c2oc2cc([Si](C)(C)C)ccc23)c1.[Ir]. The number of aromatic nitrogens is 2. The van der Waals surface area contributed by atoms with Crippen molar-refractivity contribution in [3.05, 3.63) is 115 Å². The molecule has 0 aliphatic rings. The zero-order valence-electron chi connectivity index (χ0n) is 22.3. The van der Waals surface area contributed by atoms with Crippen LogP contribution in [0.3, 0.4) is 0 Å². The van der Waals surface area contributed by atoms with E-state index in [1.54, 1.807) is 18.3 Å². The number of hydrogen-bond acceptors (Lipinski definition) is 3. The van der Waals surface area contributed by atoms with Gasteiger partial charge in [0.1, 0.15) is 5.58 Å². The van der Waals surface area contributed by atoms with Crippen LogP contribution in [0, 0.1) is 19.1 Å². The topological polar surface area (TPSA) is 38.9 Å². The quantitative estimate of drug-likeness (QED) is 0.142. The van der Waals surface area contributed by atoms with Gasteiger partial charge >= 0.3 is 0 Å². The Morgan fingerprint density at radius 3 is 2.41 bits per heavy atom. The Hall–Kier alpha value is -3.37. The first kappa shape index (κ1) is 25.3. The van der Waals surface area contributed by atoms with Crippen molar-refractivity contribution in [2.75, 3.05) is 0 Å². The first-order valence-corrected chi connectivity index (χ1v) is 15.5. The summed E-state index contributed by atoms with van der Waals surface area (Å²) >= 11 is 0. The standard InChI is InChI=1S/C20H18NOSi.C12H10N.Ir/c1-23(2,3)14-10-11-15-16-7-6-8-17(18-9-4-5-12-21-18)20(16)22-19(15)13-14;1-10-7-8-12(13-9-10)11-5-3-2-4-6-11;/h4-7,9-13H,1-3H3;2-5,7-9H,1H3;/q2*-1;/i4D;;. The van der Waals surface area contributed by atoms with Crippen molar-refractivity contribution < 1.29 is 25.9 Å². The van der Waals surface area contributed by atoms with Gasteiger partial charge in [0, 0.05) is 37.9 Å². The van der Waals surface area contributed by atoms with Crippen molar-refractivity contribution in [2.45, 2.75) is 26.6 Å². The molecule has 0 fully saturated rings. The molecule has 187 valence electrons. The van der Waals surface area contributed by atoms with Crippen LogP contribution >= 0.6 is 0 Å². The van der Waals surface area contributed by atoms with Crippen LogP contribution < -0.4 is 5.19 Å². The Balaban J connectivity index is 0.000000204. The Bertz CT molecular complexity index is 1680. The normalized spacial score (nSPS) is 11.4. The molecule has 0 spiro atoms. The molecule has 0 atom stereocenters. The average Bonchev–Trinajstić information content (AvgIpc) is 3.28. The number of aryl methyl sites for hydroxylation is 1. The number of furan rings is 1. The van der Waals surface area contributed by atoms with Gasteiger partial charge in [-0.3, -0.25) is 0 Å². The number of hydrogen-bond donors (Lipinski definition) is 0. The zero-order valence-corrected chi connectivity index (χ0v) is 24.7. The number of benzene rings is 3. The molecule has 0 saturated heterocycles. The number of pyridine rings is 2. The fourth-order valence-corrected chi connectivity index (χ4v) is 5.19. The molecule has 6 aromatic rings. The zero-order chi connectivity index (χ0) is 26.0. The van der Waals surface area contributed by atoms with Crippen LogP contribution in [0.15, 0.2) is 102 Å². The van der Waals surface area contributed by atoms with E-state index in [9.17, 15) is 0 Å². The minimum Gasteiger partial charge on any atom is -0.501 e. The third-order valence-corrected chi connectivity index (χ3v) is 8.10. The molecule has 3 aromatic carbocycles. The Morgan fingerprint density at radius 1 is 0.838 bits per heavy atom. The molecule has 0 N–H and O–H groups in total. The smallest absolute Gasteiger partial charge is 0.120 e. The van der Waals surface area contributed by atoms with Crippen molar-refractivity contribution in [3.8, 4) is 22.5 Å². The molecule has 3 nitrogen and oxygen atoms in total. The molecule has 5 heteroatoms. The van der Waals surface area contributed by atoms with Gasteiger partial charge in [-0.25, -0.2) is 0 Å². The molecule has 37 heavy (non-hydrogen) atoms. The van der Waals surface area contributed by atoms with Gasteiger partial charge in [-0.2, -0.15) is 0 Å². The summed E-state index contributed by atoms with van der Waals surface area (Å²) in [5.41, 5.74) is 6.43. The predicted octanol–water partition coefficient (Wildman–Crippen LogP) is 7.85. The maximum atomic E-state index is 7.82. The van der Waals surface area contributed by atoms with Gasteiger partial charge in [0.25, 0.3) is 0 Å². The summed E-state index contributed by atoms with van der Waals surface area (Å²) < 4.78 is 14.0. The minimum absolute atomic E-state index is 0. The summed E-state index contributed by atoms with van der Waals surface area (Å²) in [6, 6.07) is 32.6. The fraction of sp³-hybridized carbons (Fsp3) is 0.125. The fourth-order valence-electron chi connectivity index (χ4n) is 4.04. The summed E-state index contributed by atoms with van der Waals surface area (Å²) in [5, 5.41) is 3.56. The summed E-state index contributed by atoms with van der Waals surface area (Å²) in [6.07, 6.45) is 3.52. The van der Waals surface area contributed by atoms with Crippen molar-refractivity contribution in [2.24, 2.45) is 0 Å². The first-order valence-electron chi connectivity index (χ1n) is 12.5. The second-order valence-electron chi connectivity index (χ2n) is 9.80. The van der Waals surface area contributed by atoms with E-state index in [0.29, 0.717) is 6.04 Å². The van der Waals surface area contributed by atoms with Crippen molar-refractivity contribution in [1.82, 2.24) is 9.97 Å². The molecule has 6 rings (SSSR count). The molecular weight excluding hydrogens is 649 g/mol. The van der Waals surface area contributed by atoms with Crippen molar-refractivity contribution in [1.29, 1.82) is 0 Å². The second-order valence-corrected chi connectivity index (χ2v) is 14.9. The van der Waals surface area contributed by atoms with Crippen molar-refractivity contribution in [3.63, 3.8) is 0 Å². The van der Waals surface area contributed by atoms with Gasteiger partial charge in [-0.15, -0.1) is 54.1 Å². The number of rotatable bonds is 3. The van der Waals surface area contributed by atoms with Crippen LogP contribution in [-0.4, -0.2) is 18.0 Å². The Kier molecular flexibility index (Phi) is 7.75. The summed E-state index contributed by atoms with van der Waals surface area (Å²) in [7, 11) is -1.39. The van der Waals surface area contributed by atoms with E-state index in [2.05, 4.69) is 66.0 Å². The molecule has 0 saturated carbocycles. The van der Waals surface area contributed by atoms with E-state index in [1.165, 1.54) is 10.8 Å². The summed E-state index contributed by atoms with van der Waals surface area (Å²) in [5.74, 6) is 0. The number of nitrogens with zero attached hydrogens (tertiary/aromatic N) is 2.